The van der Waals surface area contributed by atoms with Crippen LogP contribution in [0.3, 0.4) is 0 Å². The zero-order valence-electron chi connectivity index (χ0n) is 11.6. The molecule has 2 aromatic rings. The van der Waals surface area contributed by atoms with Crippen LogP contribution in [0, 0.1) is 17.0 Å². The van der Waals surface area contributed by atoms with Crippen molar-refractivity contribution in [2.45, 2.75) is 6.92 Å². The van der Waals surface area contributed by atoms with Crippen LogP contribution in [0.4, 0.5) is 5.69 Å². The summed E-state index contributed by atoms with van der Waals surface area (Å²) in [4.78, 5) is 21.9. The van der Waals surface area contributed by atoms with Gasteiger partial charge in [-0.3, -0.25) is 10.1 Å². The zero-order valence-corrected chi connectivity index (χ0v) is 13.2. The summed E-state index contributed by atoms with van der Waals surface area (Å²) in [6.45, 7) is 1.80. The van der Waals surface area contributed by atoms with Crippen molar-refractivity contribution in [2.75, 3.05) is 0 Å². The molecule has 0 bridgehead atoms. The van der Waals surface area contributed by atoms with Crippen LogP contribution < -0.4 is 0 Å². The van der Waals surface area contributed by atoms with Crippen LogP contribution in [-0.4, -0.2) is 16.0 Å². The normalized spacial score (nSPS) is 11.3. The van der Waals surface area contributed by atoms with Crippen molar-refractivity contribution in [1.82, 2.24) is 0 Å². The number of benzene rings is 2. The summed E-state index contributed by atoms with van der Waals surface area (Å²) < 4.78 is 0.838. The van der Waals surface area contributed by atoms with Crippen molar-refractivity contribution in [3.05, 3.63) is 79.8 Å². The Morgan fingerprint density at radius 1 is 1.23 bits per heavy atom. The molecule has 0 aromatic heterocycles. The van der Waals surface area contributed by atoms with Crippen LogP contribution in [0.15, 0.2) is 53.0 Å². The van der Waals surface area contributed by atoms with Gasteiger partial charge in [0.15, 0.2) is 0 Å². The molecule has 0 aliphatic rings. The molecule has 5 nitrogen and oxygen atoms in total. The molecular formula is C16H12BrNO4. The van der Waals surface area contributed by atoms with E-state index in [-0.39, 0.29) is 11.3 Å². The van der Waals surface area contributed by atoms with E-state index in [2.05, 4.69) is 15.9 Å². The van der Waals surface area contributed by atoms with Gasteiger partial charge in [0.05, 0.1) is 10.5 Å². The fourth-order valence-electron chi connectivity index (χ4n) is 2.09. The molecule has 6 heteroatoms. The number of carboxylic acids is 1. The monoisotopic (exact) mass is 361 g/mol. The van der Waals surface area contributed by atoms with E-state index >= 15 is 0 Å². The van der Waals surface area contributed by atoms with Gasteiger partial charge < -0.3 is 5.11 Å². The third-order valence-corrected chi connectivity index (χ3v) is 3.59. The van der Waals surface area contributed by atoms with Gasteiger partial charge in [-0.15, -0.1) is 0 Å². The Bertz CT molecular complexity index is 766. The lowest BCUT2D eigenvalue weighted by Crippen LogP contribution is -2.00. The number of aliphatic carboxylic acids is 1. The highest BCUT2D eigenvalue weighted by molar-refractivity contribution is 9.10. The van der Waals surface area contributed by atoms with Gasteiger partial charge in [-0.05, 0) is 30.7 Å². The number of carbonyl (C=O) groups is 1. The van der Waals surface area contributed by atoms with E-state index in [1.165, 1.54) is 6.07 Å². The molecule has 2 aromatic carbocycles. The third-order valence-electron chi connectivity index (χ3n) is 3.06. The summed E-state index contributed by atoms with van der Waals surface area (Å²) >= 11 is 3.31. The molecule has 0 fully saturated rings. The SMILES string of the molecule is Cc1ccc([N+](=O)[O-])c(C(=CC(=O)O)c2ccc(Br)cc2)c1. The van der Waals surface area contributed by atoms with E-state index < -0.39 is 10.9 Å². The molecule has 2 rings (SSSR count). The molecule has 0 amide bonds. The van der Waals surface area contributed by atoms with E-state index in [9.17, 15) is 14.9 Å². The Labute approximate surface area is 135 Å². The van der Waals surface area contributed by atoms with Gasteiger partial charge in [0.1, 0.15) is 0 Å². The molecule has 22 heavy (non-hydrogen) atoms. The summed E-state index contributed by atoms with van der Waals surface area (Å²) in [5.74, 6) is -1.16. The highest BCUT2D eigenvalue weighted by Crippen LogP contribution is 2.32. The van der Waals surface area contributed by atoms with E-state index in [4.69, 9.17) is 5.11 Å². The maximum absolute atomic E-state index is 11.2. The first-order valence-corrected chi connectivity index (χ1v) is 7.14. The molecule has 0 saturated carbocycles. The van der Waals surface area contributed by atoms with Crippen molar-refractivity contribution in [3.63, 3.8) is 0 Å². The maximum Gasteiger partial charge on any atom is 0.328 e. The van der Waals surface area contributed by atoms with Gasteiger partial charge in [-0.2, -0.15) is 0 Å². The Morgan fingerprint density at radius 3 is 2.41 bits per heavy atom. The Hall–Kier alpha value is -2.47. The van der Waals surface area contributed by atoms with Crippen LogP contribution >= 0.6 is 15.9 Å². The van der Waals surface area contributed by atoms with Gasteiger partial charge in [0.25, 0.3) is 5.69 Å². The van der Waals surface area contributed by atoms with Crippen molar-refractivity contribution in [2.24, 2.45) is 0 Å². The van der Waals surface area contributed by atoms with E-state index in [1.807, 2.05) is 0 Å². The lowest BCUT2D eigenvalue weighted by Gasteiger charge is -2.09. The fourth-order valence-corrected chi connectivity index (χ4v) is 2.36. The molecule has 0 saturated heterocycles. The zero-order chi connectivity index (χ0) is 16.3. The molecule has 112 valence electrons. The van der Waals surface area contributed by atoms with E-state index in [1.54, 1.807) is 43.3 Å². The minimum absolute atomic E-state index is 0.124. The standard InChI is InChI=1S/C16H12BrNO4/c1-10-2-7-15(18(21)22)14(8-10)13(9-16(19)20)11-3-5-12(17)6-4-11/h2-9H,1H3,(H,19,20). The fraction of sp³-hybridized carbons (Fsp3) is 0.0625. The van der Waals surface area contributed by atoms with Crippen LogP contribution in [0.25, 0.3) is 5.57 Å². The van der Waals surface area contributed by atoms with Gasteiger partial charge in [0, 0.05) is 22.2 Å². The lowest BCUT2D eigenvalue weighted by molar-refractivity contribution is -0.385. The summed E-state index contributed by atoms with van der Waals surface area (Å²) in [6, 6.07) is 11.6. The topological polar surface area (TPSA) is 80.4 Å². The van der Waals surface area contributed by atoms with Crippen molar-refractivity contribution in [3.8, 4) is 0 Å². The second-order valence-corrected chi connectivity index (χ2v) is 5.60. The summed E-state index contributed by atoms with van der Waals surface area (Å²) in [7, 11) is 0. The minimum atomic E-state index is -1.16. The highest BCUT2D eigenvalue weighted by Gasteiger charge is 2.19. The average Bonchev–Trinajstić information content (AvgIpc) is 2.45. The second-order valence-electron chi connectivity index (χ2n) is 4.68. The first kappa shape index (κ1) is 15.9. The summed E-state index contributed by atoms with van der Waals surface area (Å²) in [6.07, 6.45) is 0.991. The van der Waals surface area contributed by atoms with Gasteiger partial charge in [-0.25, -0.2) is 4.79 Å². The smallest absolute Gasteiger partial charge is 0.328 e. The number of nitrogens with zero attached hydrogens (tertiary/aromatic N) is 1. The maximum atomic E-state index is 11.2. The first-order chi connectivity index (χ1) is 10.4. The first-order valence-electron chi connectivity index (χ1n) is 6.34. The molecular weight excluding hydrogens is 350 g/mol. The van der Waals surface area contributed by atoms with E-state index in [0.29, 0.717) is 11.1 Å². The molecule has 0 aliphatic carbocycles. The number of halogens is 1. The lowest BCUT2D eigenvalue weighted by atomic mass is 9.95. The molecule has 0 heterocycles. The van der Waals surface area contributed by atoms with Crippen LogP contribution in [0.5, 0.6) is 0 Å². The Kier molecular flexibility index (Phi) is 4.72. The number of aryl methyl sites for hydroxylation is 1. The van der Waals surface area contributed by atoms with E-state index in [0.717, 1.165) is 16.1 Å². The van der Waals surface area contributed by atoms with Crippen molar-refractivity contribution < 1.29 is 14.8 Å². The minimum Gasteiger partial charge on any atom is -0.478 e. The second kappa shape index (κ2) is 6.53. The molecule has 0 aliphatic heterocycles. The van der Waals surface area contributed by atoms with Crippen molar-refractivity contribution in [1.29, 1.82) is 0 Å². The average molecular weight is 362 g/mol. The largest absolute Gasteiger partial charge is 0.478 e. The van der Waals surface area contributed by atoms with Crippen LogP contribution in [0.2, 0.25) is 0 Å². The van der Waals surface area contributed by atoms with Crippen molar-refractivity contribution >= 4 is 33.2 Å². The predicted molar refractivity (Wildman–Crippen MR) is 86.7 cm³/mol. The van der Waals surface area contributed by atoms with Gasteiger partial charge in [-0.1, -0.05) is 39.7 Å². The Balaban J connectivity index is 2.71. The predicted octanol–water partition coefficient (Wildman–Crippen LogP) is 4.18. The highest BCUT2D eigenvalue weighted by atomic mass is 79.9. The number of rotatable bonds is 4. The molecule has 1 N–H and O–H groups in total. The summed E-state index contributed by atoms with van der Waals surface area (Å²) in [5.41, 5.74) is 1.87. The number of hydrogen-bond donors (Lipinski definition) is 1. The summed E-state index contributed by atoms with van der Waals surface area (Å²) in [5, 5.41) is 20.3. The van der Waals surface area contributed by atoms with Crippen LogP contribution in [-0.2, 0) is 4.79 Å². The quantitative estimate of drug-likeness (QED) is 0.503. The molecule has 0 atom stereocenters. The Morgan fingerprint density at radius 2 is 1.86 bits per heavy atom. The molecule has 0 radical (unpaired) electrons. The van der Waals surface area contributed by atoms with Gasteiger partial charge in [0.2, 0.25) is 0 Å². The molecule has 0 spiro atoms. The van der Waals surface area contributed by atoms with Crippen LogP contribution in [0.1, 0.15) is 16.7 Å². The number of nitro benzene ring substituents is 1. The molecule has 0 unspecified atom stereocenters. The van der Waals surface area contributed by atoms with Gasteiger partial charge >= 0.3 is 5.97 Å². The third kappa shape index (κ3) is 3.59. The number of hydrogen-bond acceptors (Lipinski definition) is 3. The number of nitro groups is 1. The number of carboxylic acid groups (broad SMARTS) is 1.